The quantitative estimate of drug-likeness (QED) is 0.701. The minimum atomic E-state index is -5.08. The number of alkyl halides is 3. The third-order valence-electron chi connectivity index (χ3n) is 5.80. The molecule has 0 atom stereocenters. The van der Waals surface area contributed by atoms with Crippen molar-refractivity contribution in [3.05, 3.63) is 22.4 Å². The summed E-state index contributed by atoms with van der Waals surface area (Å²) in [4.78, 5) is 36.8. The van der Waals surface area contributed by atoms with Gasteiger partial charge >= 0.3 is 12.1 Å². The highest BCUT2D eigenvalue weighted by molar-refractivity contribution is 7.07. The van der Waals surface area contributed by atoms with Gasteiger partial charge in [0.15, 0.2) is 0 Å². The standard InChI is InChI=1S/C18H27N3O2S.C2HF3O2/c1-20(2)17(23)12-21-16(22)5-9-18(21)7-3-15(4-8-18)19-11-14-6-10-24-13-14;3-2(4,5)1(6)7/h6,10,13,15,19H,3-5,7-9,11-12H2,1-2H3;(H,6,7). The molecule has 11 heteroatoms. The lowest BCUT2D eigenvalue weighted by Crippen LogP contribution is -2.53. The summed E-state index contributed by atoms with van der Waals surface area (Å²) >= 11 is 1.73. The predicted molar refractivity (Wildman–Crippen MR) is 109 cm³/mol. The van der Waals surface area contributed by atoms with Crippen molar-refractivity contribution in [2.24, 2.45) is 0 Å². The van der Waals surface area contributed by atoms with Crippen molar-refractivity contribution in [1.29, 1.82) is 0 Å². The highest BCUT2D eigenvalue weighted by Gasteiger charge is 2.47. The molecule has 2 N–H and O–H groups in total. The lowest BCUT2D eigenvalue weighted by molar-refractivity contribution is -0.192. The van der Waals surface area contributed by atoms with E-state index in [4.69, 9.17) is 9.90 Å². The van der Waals surface area contributed by atoms with Gasteiger partial charge in [-0.1, -0.05) is 0 Å². The minimum Gasteiger partial charge on any atom is -0.475 e. The monoisotopic (exact) mass is 463 g/mol. The Kier molecular flexibility index (Phi) is 8.47. The molecule has 0 bridgehead atoms. The van der Waals surface area contributed by atoms with Crippen molar-refractivity contribution < 1.29 is 32.7 Å². The number of amides is 2. The van der Waals surface area contributed by atoms with E-state index in [-0.39, 0.29) is 23.9 Å². The van der Waals surface area contributed by atoms with Crippen LogP contribution in [0.25, 0.3) is 0 Å². The largest absolute Gasteiger partial charge is 0.490 e. The summed E-state index contributed by atoms with van der Waals surface area (Å²) < 4.78 is 31.7. The van der Waals surface area contributed by atoms with Crippen LogP contribution < -0.4 is 5.32 Å². The Labute approximate surface area is 183 Å². The molecule has 2 heterocycles. The number of halogens is 3. The van der Waals surface area contributed by atoms with E-state index in [2.05, 4.69) is 22.1 Å². The van der Waals surface area contributed by atoms with Crippen LogP contribution in [-0.2, 0) is 20.9 Å². The Hall–Kier alpha value is -2.14. The number of carboxylic acid groups (broad SMARTS) is 1. The zero-order chi connectivity index (χ0) is 23.2. The van der Waals surface area contributed by atoms with E-state index in [1.165, 1.54) is 5.56 Å². The van der Waals surface area contributed by atoms with Crippen LogP contribution in [-0.4, -0.2) is 71.1 Å². The Bertz CT molecular complexity index is 760. The van der Waals surface area contributed by atoms with Gasteiger partial charge in [-0.05, 0) is 54.5 Å². The molecular weight excluding hydrogens is 435 g/mol. The lowest BCUT2D eigenvalue weighted by Gasteiger charge is -2.44. The Morgan fingerprint density at radius 3 is 2.39 bits per heavy atom. The van der Waals surface area contributed by atoms with Crippen molar-refractivity contribution in [2.75, 3.05) is 20.6 Å². The van der Waals surface area contributed by atoms with Gasteiger partial charge in [0.1, 0.15) is 6.54 Å². The second kappa shape index (κ2) is 10.4. The number of rotatable bonds is 5. The van der Waals surface area contributed by atoms with E-state index in [1.807, 2.05) is 4.90 Å². The summed E-state index contributed by atoms with van der Waals surface area (Å²) in [6.45, 7) is 1.15. The van der Waals surface area contributed by atoms with Gasteiger partial charge in [-0.3, -0.25) is 9.59 Å². The first-order valence-corrected chi connectivity index (χ1v) is 10.9. The molecule has 1 spiro atoms. The van der Waals surface area contributed by atoms with Gasteiger partial charge in [0.2, 0.25) is 11.8 Å². The van der Waals surface area contributed by atoms with Crippen molar-refractivity contribution in [3.63, 3.8) is 0 Å². The summed E-state index contributed by atoms with van der Waals surface area (Å²) in [6, 6.07) is 2.67. The molecule has 7 nitrogen and oxygen atoms in total. The normalized spacial score (nSPS) is 23.5. The SMILES string of the molecule is CN(C)C(=O)CN1C(=O)CCC12CCC(NCc1ccsc1)CC2.O=C(O)C(F)(F)F. The summed E-state index contributed by atoms with van der Waals surface area (Å²) in [5, 5.41) is 15.1. The molecule has 1 saturated heterocycles. The maximum absolute atomic E-state index is 12.3. The van der Waals surface area contributed by atoms with E-state index in [0.29, 0.717) is 12.5 Å². The third kappa shape index (κ3) is 6.93. The van der Waals surface area contributed by atoms with E-state index in [0.717, 1.165) is 38.6 Å². The Balaban J connectivity index is 0.000000423. The number of likely N-dealkylation sites (tertiary alicyclic amines) is 1. The number of nitrogens with one attached hydrogen (secondary N) is 1. The van der Waals surface area contributed by atoms with Crippen LogP contribution in [0.4, 0.5) is 13.2 Å². The van der Waals surface area contributed by atoms with Crippen LogP contribution in [0.5, 0.6) is 0 Å². The van der Waals surface area contributed by atoms with Gasteiger partial charge in [0.25, 0.3) is 0 Å². The second-order valence-corrected chi connectivity index (χ2v) is 8.86. The molecular formula is C20H28F3N3O4S. The van der Waals surface area contributed by atoms with Crippen LogP contribution in [0.2, 0.25) is 0 Å². The maximum Gasteiger partial charge on any atom is 0.490 e. The fourth-order valence-electron chi connectivity index (χ4n) is 3.94. The molecule has 0 aromatic carbocycles. The number of likely N-dealkylation sites (N-methyl/N-ethyl adjacent to an activating group) is 1. The maximum atomic E-state index is 12.3. The Morgan fingerprint density at radius 2 is 1.90 bits per heavy atom. The first-order chi connectivity index (χ1) is 14.4. The molecule has 2 aliphatic rings. The first kappa shape index (κ1) is 25.1. The van der Waals surface area contributed by atoms with Gasteiger partial charge in [0.05, 0.1) is 0 Å². The summed E-state index contributed by atoms with van der Waals surface area (Å²) in [5.41, 5.74) is 1.26. The molecule has 0 unspecified atom stereocenters. The zero-order valence-electron chi connectivity index (χ0n) is 17.6. The number of aliphatic carboxylic acids is 1. The first-order valence-electron chi connectivity index (χ1n) is 10.00. The summed E-state index contributed by atoms with van der Waals surface area (Å²) in [6.07, 6.45) is 0.563. The fraction of sp³-hybridized carbons (Fsp3) is 0.650. The molecule has 3 rings (SSSR count). The van der Waals surface area contributed by atoms with Gasteiger partial charge in [-0.2, -0.15) is 24.5 Å². The predicted octanol–water partition coefficient (Wildman–Crippen LogP) is 2.86. The number of nitrogens with zero attached hydrogens (tertiary/aromatic N) is 2. The van der Waals surface area contributed by atoms with Gasteiger partial charge in [0, 0.05) is 38.6 Å². The van der Waals surface area contributed by atoms with Crippen molar-refractivity contribution in [3.8, 4) is 0 Å². The van der Waals surface area contributed by atoms with Crippen LogP contribution in [0.15, 0.2) is 16.8 Å². The van der Waals surface area contributed by atoms with Crippen LogP contribution in [0, 0.1) is 0 Å². The van der Waals surface area contributed by atoms with Crippen molar-refractivity contribution in [1.82, 2.24) is 15.1 Å². The van der Waals surface area contributed by atoms with Crippen LogP contribution in [0.1, 0.15) is 44.1 Å². The van der Waals surface area contributed by atoms with Gasteiger partial charge in [-0.25, -0.2) is 4.79 Å². The van der Waals surface area contributed by atoms with Crippen LogP contribution >= 0.6 is 11.3 Å². The third-order valence-corrected chi connectivity index (χ3v) is 6.54. The van der Waals surface area contributed by atoms with Gasteiger partial charge < -0.3 is 20.2 Å². The molecule has 0 radical (unpaired) electrons. The minimum absolute atomic E-state index is 0.0160. The highest BCUT2D eigenvalue weighted by atomic mass is 32.1. The number of hydrogen-bond acceptors (Lipinski definition) is 5. The van der Waals surface area contributed by atoms with E-state index in [1.54, 1.807) is 30.3 Å². The molecule has 31 heavy (non-hydrogen) atoms. The second-order valence-electron chi connectivity index (χ2n) is 8.08. The highest BCUT2D eigenvalue weighted by Crippen LogP contribution is 2.42. The molecule has 2 fully saturated rings. The average Bonchev–Trinajstić information content (AvgIpc) is 3.31. The smallest absolute Gasteiger partial charge is 0.475 e. The number of hydrogen-bond donors (Lipinski definition) is 2. The van der Waals surface area contributed by atoms with E-state index in [9.17, 15) is 22.8 Å². The molecule has 1 aromatic heterocycles. The lowest BCUT2D eigenvalue weighted by atomic mass is 9.77. The van der Waals surface area contributed by atoms with Crippen molar-refractivity contribution >= 4 is 29.1 Å². The van der Waals surface area contributed by atoms with Crippen molar-refractivity contribution in [2.45, 2.75) is 62.8 Å². The summed E-state index contributed by atoms with van der Waals surface area (Å²) in [5.74, 6) is -2.59. The zero-order valence-corrected chi connectivity index (χ0v) is 18.4. The molecule has 1 saturated carbocycles. The number of carboxylic acids is 1. The average molecular weight is 464 g/mol. The molecule has 2 amide bonds. The molecule has 1 aromatic rings. The van der Waals surface area contributed by atoms with Crippen LogP contribution in [0.3, 0.4) is 0 Å². The number of carbonyl (C=O) groups is 3. The Morgan fingerprint density at radius 1 is 1.29 bits per heavy atom. The topological polar surface area (TPSA) is 90.0 Å². The fourth-order valence-corrected chi connectivity index (χ4v) is 4.61. The summed E-state index contributed by atoms with van der Waals surface area (Å²) in [7, 11) is 3.50. The molecule has 174 valence electrons. The van der Waals surface area contributed by atoms with E-state index < -0.39 is 12.1 Å². The number of thiophene rings is 1. The molecule has 1 aliphatic carbocycles. The van der Waals surface area contributed by atoms with Gasteiger partial charge in [-0.15, -0.1) is 0 Å². The molecule has 1 aliphatic heterocycles. The van der Waals surface area contributed by atoms with E-state index >= 15 is 0 Å². The number of carbonyl (C=O) groups excluding carboxylic acids is 2.